The van der Waals surface area contributed by atoms with E-state index in [1.54, 1.807) is 19.2 Å². The number of para-hydroxylation sites is 1. The standard InChI is InChI=1S/C25H35N3O3S.ClH/c1-31-24-9-5-3-7-21(24)19-27-15-17-28(18-16-27)23-11-13-26(14-12-23)20-22-8-4-6-10-25(22)32(2,29)30;/h3-10,23H,11-20H2,1-2H3;1H. The van der Waals surface area contributed by atoms with E-state index in [0.29, 0.717) is 17.5 Å². The summed E-state index contributed by atoms with van der Waals surface area (Å²) in [6.45, 7) is 8.07. The molecule has 0 radical (unpaired) electrons. The lowest BCUT2D eigenvalue weighted by Gasteiger charge is -2.43. The summed E-state index contributed by atoms with van der Waals surface area (Å²) in [5, 5.41) is 0. The van der Waals surface area contributed by atoms with Gasteiger partial charge in [0.15, 0.2) is 9.84 Å². The smallest absolute Gasteiger partial charge is 0.175 e. The van der Waals surface area contributed by atoms with Gasteiger partial charge < -0.3 is 4.74 Å². The Hall–Kier alpha value is -1.64. The normalized spacial score (nSPS) is 19.2. The van der Waals surface area contributed by atoms with Crippen molar-refractivity contribution in [3.05, 3.63) is 59.7 Å². The van der Waals surface area contributed by atoms with E-state index in [1.165, 1.54) is 11.8 Å². The summed E-state index contributed by atoms with van der Waals surface area (Å²) >= 11 is 0. The van der Waals surface area contributed by atoms with Crippen molar-refractivity contribution in [3.63, 3.8) is 0 Å². The van der Waals surface area contributed by atoms with Gasteiger partial charge in [0.2, 0.25) is 0 Å². The van der Waals surface area contributed by atoms with E-state index in [1.807, 2.05) is 24.3 Å². The number of hydrogen-bond acceptors (Lipinski definition) is 6. The first-order chi connectivity index (χ1) is 15.4. The van der Waals surface area contributed by atoms with E-state index in [-0.39, 0.29) is 12.4 Å². The number of sulfone groups is 1. The summed E-state index contributed by atoms with van der Waals surface area (Å²) in [5.74, 6) is 0.972. The van der Waals surface area contributed by atoms with Crippen LogP contribution in [0.5, 0.6) is 5.75 Å². The quantitative estimate of drug-likeness (QED) is 0.590. The third kappa shape index (κ3) is 6.70. The second-order valence-corrected chi connectivity index (χ2v) is 11.0. The summed E-state index contributed by atoms with van der Waals surface area (Å²) in [7, 11) is -1.45. The third-order valence-electron chi connectivity index (χ3n) is 6.83. The van der Waals surface area contributed by atoms with Gasteiger partial charge in [-0.2, -0.15) is 0 Å². The van der Waals surface area contributed by atoms with Crippen LogP contribution in [0.1, 0.15) is 24.0 Å². The topological polar surface area (TPSA) is 53.1 Å². The Kier molecular flexibility index (Phi) is 9.18. The van der Waals surface area contributed by atoms with Crippen LogP contribution in [0.25, 0.3) is 0 Å². The van der Waals surface area contributed by atoms with Crippen molar-refractivity contribution in [1.82, 2.24) is 14.7 Å². The minimum absolute atomic E-state index is 0. The van der Waals surface area contributed by atoms with Gasteiger partial charge in [-0.1, -0.05) is 36.4 Å². The molecule has 0 unspecified atom stereocenters. The lowest BCUT2D eigenvalue weighted by atomic mass is 10.0. The Labute approximate surface area is 204 Å². The van der Waals surface area contributed by atoms with Gasteiger partial charge in [-0.25, -0.2) is 8.42 Å². The lowest BCUT2D eigenvalue weighted by molar-refractivity contribution is 0.0546. The Balaban J connectivity index is 0.00000306. The Morgan fingerprint density at radius 1 is 0.818 bits per heavy atom. The second-order valence-electron chi connectivity index (χ2n) is 9.01. The molecule has 0 atom stereocenters. The highest BCUT2D eigenvalue weighted by Gasteiger charge is 2.28. The van der Waals surface area contributed by atoms with E-state index in [9.17, 15) is 8.42 Å². The Morgan fingerprint density at radius 2 is 1.36 bits per heavy atom. The van der Waals surface area contributed by atoms with Crippen LogP contribution < -0.4 is 4.74 Å². The molecule has 8 heteroatoms. The Morgan fingerprint density at radius 3 is 2.00 bits per heavy atom. The zero-order valence-electron chi connectivity index (χ0n) is 19.7. The number of likely N-dealkylation sites (tertiary alicyclic amines) is 1. The molecule has 4 rings (SSSR count). The molecule has 0 spiro atoms. The maximum absolute atomic E-state index is 12.1. The molecular formula is C25H36ClN3O3S. The monoisotopic (exact) mass is 493 g/mol. The number of halogens is 1. The maximum Gasteiger partial charge on any atom is 0.175 e. The number of methoxy groups -OCH3 is 1. The fraction of sp³-hybridized carbons (Fsp3) is 0.520. The molecule has 2 aromatic rings. The van der Waals surface area contributed by atoms with Gasteiger partial charge in [-0.15, -0.1) is 12.4 Å². The minimum atomic E-state index is -3.19. The molecule has 6 nitrogen and oxygen atoms in total. The molecule has 2 aromatic carbocycles. The zero-order valence-corrected chi connectivity index (χ0v) is 21.3. The zero-order chi connectivity index (χ0) is 22.6. The number of hydrogen-bond donors (Lipinski definition) is 0. The van der Waals surface area contributed by atoms with E-state index in [4.69, 9.17) is 4.74 Å². The lowest BCUT2D eigenvalue weighted by Crippen LogP contribution is -2.52. The fourth-order valence-corrected chi connectivity index (χ4v) is 5.98. The summed E-state index contributed by atoms with van der Waals surface area (Å²) < 4.78 is 29.7. The van der Waals surface area contributed by atoms with Crippen LogP contribution in [0.4, 0.5) is 0 Å². The average Bonchev–Trinajstić information content (AvgIpc) is 2.80. The maximum atomic E-state index is 12.1. The first-order valence-corrected chi connectivity index (χ1v) is 13.4. The van der Waals surface area contributed by atoms with Crippen LogP contribution >= 0.6 is 12.4 Å². The number of ether oxygens (including phenoxy) is 1. The predicted octanol–water partition coefficient (Wildman–Crippen LogP) is 3.30. The number of piperidine rings is 1. The van der Waals surface area contributed by atoms with E-state index in [2.05, 4.69) is 26.8 Å². The first kappa shape index (κ1) is 26.0. The van der Waals surface area contributed by atoms with Gasteiger partial charge in [0.25, 0.3) is 0 Å². The van der Waals surface area contributed by atoms with Crippen LogP contribution in [0.2, 0.25) is 0 Å². The highest BCUT2D eigenvalue weighted by molar-refractivity contribution is 7.90. The van der Waals surface area contributed by atoms with E-state index >= 15 is 0 Å². The number of nitrogens with zero attached hydrogens (tertiary/aromatic N) is 3. The third-order valence-corrected chi connectivity index (χ3v) is 8.03. The molecule has 0 bridgehead atoms. The molecular weight excluding hydrogens is 458 g/mol. The fourth-order valence-electron chi connectivity index (χ4n) is 5.04. The number of rotatable bonds is 7. The largest absolute Gasteiger partial charge is 0.496 e. The molecule has 33 heavy (non-hydrogen) atoms. The molecule has 2 heterocycles. The van der Waals surface area contributed by atoms with E-state index in [0.717, 1.165) is 70.0 Å². The van der Waals surface area contributed by atoms with Crippen LogP contribution in [0, 0.1) is 0 Å². The van der Waals surface area contributed by atoms with Gasteiger partial charge in [-0.05, 0) is 43.6 Å². The number of piperazine rings is 1. The molecule has 2 aliphatic rings. The number of benzene rings is 2. The van der Waals surface area contributed by atoms with Crippen molar-refractivity contribution in [2.75, 3.05) is 52.6 Å². The van der Waals surface area contributed by atoms with Crippen molar-refractivity contribution in [2.45, 2.75) is 36.9 Å². The molecule has 2 saturated heterocycles. The Bertz CT molecular complexity index is 1000. The molecule has 182 valence electrons. The van der Waals surface area contributed by atoms with Crippen molar-refractivity contribution in [2.24, 2.45) is 0 Å². The summed E-state index contributed by atoms with van der Waals surface area (Å²) in [5.41, 5.74) is 2.17. The predicted molar refractivity (Wildman–Crippen MR) is 135 cm³/mol. The summed E-state index contributed by atoms with van der Waals surface area (Å²) in [6, 6.07) is 16.3. The van der Waals surface area contributed by atoms with Crippen LogP contribution in [0.15, 0.2) is 53.4 Å². The summed E-state index contributed by atoms with van der Waals surface area (Å²) in [4.78, 5) is 8.04. The molecule has 2 aliphatic heterocycles. The van der Waals surface area contributed by atoms with Crippen molar-refractivity contribution in [1.29, 1.82) is 0 Å². The molecule has 0 saturated carbocycles. The van der Waals surface area contributed by atoms with Crippen LogP contribution in [0.3, 0.4) is 0 Å². The van der Waals surface area contributed by atoms with Gasteiger partial charge in [0.1, 0.15) is 5.75 Å². The summed E-state index contributed by atoms with van der Waals surface area (Å²) in [6.07, 6.45) is 3.59. The second kappa shape index (κ2) is 11.7. The minimum Gasteiger partial charge on any atom is -0.496 e. The van der Waals surface area contributed by atoms with Gasteiger partial charge in [-0.3, -0.25) is 14.7 Å². The van der Waals surface area contributed by atoms with Gasteiger partial charge in [0, 0.05) is 57.1 Å². The highest BCUT2D eigenvalue weighted by atomic mass is 35.5. The molecule has 0 N–H and O–H groups in total. The SMILES string of the molecule is COc1ccccc1CN1CCN(C2CCN(Cc3ccccc3S(C)(=O)=O)CC2)CC1.Cl. The van der Waals surface area contributed by atoms with Crippen LogP contribution in [-0.4, -0.2) is 81.8 Å². The highest BCUT2D eigenvalue weighted by Crippen LogP contribution is 2.24. The molecule has 0 amide bonds. The first-order valence-electron chi connectivity index (χ1n) is 11.5. The van der Waals surface area contributed by atoms with E-state index < -0.39 is 9.84 Å². The molecule has 0 aromatic heterocycles. The van der Waals surface area contributed by atoms with Gasteiger partial charge >= 0.3 is 0 Å². The van der Waals surface area contributed by atoms with Crippen molar-refractivity contribution < 1.29 is 13.2 Å². The van der Waals surface area contributed by atoms with Gasteiger partial charge in [0.05, 0.1) is 12.0 Å². The average molecular weight is 494 g/mol. The molecule has 0 aliphatic carbocycles. The van der Waals surface area contributed by atoms with Crippen LogP contribution in [-0.2, 0) is 22.9 Å². The van der Waals surface area contributed by atoms with Crippen molar-refractivity contribution in [3.8, 4) is 5.75 Å². The molecule has 2 fully saturated rings. The van der Waals surface area contributed by atoms with Crippen molar-refractivity contribution >= 4 is 22.2 Å².